The Labute approximate surface area is 177 Å². The summed E-state index contributed by atoms with van der Waals surface area (Å²) in [6, 6.07) is 14.5. The van der Waals surface area contributed by atoms with E-state index in [4.69, 9.17) is 21.3 Å². The highest BCUT2D eigenvalue weighted by Gasteiger charge is 2.25. The molecule has 0 unspecified atom stereocenters. The highest BCUT2D eigenvalue weighted by Crippen LogP contribution is 2.36. The third-order valence-corrected chi connectivity index (χ3v) is 5.87. The van der Waals surface area contributed by atoms with Crippen molar-refractivity contribution in [3.8, 4) is 18.1 Å². The number of nitrogens with zero attached hydrogens (tertiary/aromatic N) is 3. The molecule has 0 amide bonds. The zero-order chi connectivity index (χ0) is 20.9. The largest absolute Gasteiger partial charge is 0.496 e. The van der Waals surface area contributed by atoms with Gasteiger partial charge in [-0.05, 0) is 66.8 Å². The first-order valence-electron chi connectivity index (χ1n) is 10.5. The molecule has 1 aliphatic heterocycles. The Morgan fingerprint density at radius 1 is 1.17 bits per heavy atom. The van der Waals surface area contributed by atoms with Crippen LogP contribution in [0.3, 0.4) is 0 Å². The van der Waals surface area contributed by atoms with Crippen molar-refractivity contribution in [1.29, 1.82) is 0 Å². The lowest BCUT2D eigenvalue weighted by Crippen LogP contribution is -2.34. The summed E-state index contributed by atoms with van der Waals surface area (Å²) in [4.78, 5) is 11.5. The van der Waals surface area contributed by atoms with Gasteiger partial charge >= 0.3 is 0 Å². The smallest absolute Gasteiger partial charge is 0.207 e. The van der Waals surface area contributed by atoms with Gasteiger partial charge in [0.05, 0.1) is 12.6 Å². The number of rotatable bonds is 6. The third kappa shape index (κ3) is 4.10. The van der Waals surface area contributed by atoms with E-state index in [0.29, 0.717) is 11.7 Å². The van der Waals surface area contributed by atoms with E-state index in [2.05, 4.69) is 40.1 Å². The minimum Gasteiger partial charge on any atom is -0.496 e. The Hall–Kier alpha value is -3.10. The number of terminal acetylenes is 1. The van der Waals surface area contributed by atoms with Crippen molar-refractivity contribution in [3.05, 3.63) is 59.4 Å². The molecule has 1 aliphatic rings. The van der Waals surface area contributed by atoms with Gasteiger partial charge in [0.15, 0.2) is 0 Å². The number of aliphatic hydroxyl groups excluding tert-OH is 1. The summed E-state index contributed by atoms with van der Waals surface area (Å²) in [7, 11) is 1.73. The second-order valence-electron chi connectivity index (χ2n) is 7.70. The minimum atomic E-state index is 0.188. The first-order valence-corrected chi connectivity index (χ1v) is 10.5. The van der Waals surface area contributed by atoms with Gasteiger partial charge in [0.1, 0.15) is 11.6 Å². The quantitative estimate of drug-likeness (QED) is 0.634. The molecule has 1 aromatic heterocycles. The molecule has 5 nitrogen and oxygen atoms in total. The van der Waals surface area contributed by atoms with E-state index in [1.54, 1.807) is 7.11 Å². The fourth-order valence-electron chi connectivity index (χ4n) is 4.31. The number of aromatic nitrogens is 2. The Morgan fingerprint density at radius 3 is 2.70 bits per heavy atom. The van der Waals surface area contributed by atoms with Crippen molar-refractivity contribution >= 4 is 16.7 Å². The van der Waals surface area contributed by atoms with Gasteiger partial charge in [0.2, 0.25) is 5.82 Å². The minimum absolute atomic E-state index is 0.188. The van der Waals surface area contributed by atoms with Crippen molar-refractivity contribution in [2.45, 2.75) is 31.6 Å². The van der Waals surface area contributed by atoms with Crippen molar-refractivity contribution in [1.82, 2.24) is 9.97 Å². The summed E-state index contributed by atoms with van der Waals surface area (Å²) in [6.07, 6.45) is 9.26. The van der Waals surface area contributed by atoms with Gasteiger partial charge in [-0.15, -0.1) is 6.42 Å². The number of benzene rings is 2. The summed E-state index contributed by atoms with van der Waals surface area (Å²) in [5.41, 5.74) is 3.33. The number of aliphatic hydroxyl groups is 1. The number of fused-ring (bicyclic) bond motifs is 1. The molecule has 2 heterocycles. The molecule has 5 heteroatoms. The molecule has 1 fully saturated rings. The number of anilines is 1. The molecule has 0 radical (unpaired) electrons. The Balaban J connectivity index is 1.62. The lowest BCUT2D eigenvalue weighted by atomic mass is 9.88. The number of para-hydroxylation sites is 1. The second-order valence-corrected chi connectivity index (χ2v) is 7.70. The predicted octanol–water partition coefficient (Wildman–Crippen LogP) is 3.93. The molecule has 1 saturated heterocycles. The van der Waals surface area contributed by atoms with Gasteiger partial charge in [-0.2, -0.15) is 0 Å². The SMILES string of the molecule is C#Cc1nc(N2CCC(c3ccccc3OC)CC2)c2cc(CCCO)ccc2n1. The van der Waals surface area contributed by atoms with E-state index < -0.39 is 0 Å². The van der Waals surface area contributed by atoms with Gasteiger partial charge in [0.25, 0.3) is 0 Å². The molecule has 30 heavy (non-hydrogen) atoms. The van der Waals surface area contributed by atoms with Crippen LogP contribution in [0.15, 0.2) is 42.5 Å². The average Bonchev–Trinajstić information content (AvgIpc) is 2.82. The fraction of sp³-hybridized carbons (Fsp3) is 0.360. The highest BCUT2D eigenvalue weighted by atomic mass is 16.5. The van der Waals surface area contributed by atoms with Crippen LogP contribution in [0, 0.1) is 12.3 Å². The maximum absolute atomic E-state index is 9.16. The zero-order valence-corrected chi connectivity index (χ0v) is 17.3. The fourth-order valence-corrected chi connectivity index (χ4v) is 4.31. The third-order valence-electron chi connectivity index (χ3n) is 5.87. The number of aryl methyl sites for hydroxylation is 1. The maximum atomic E-state index is 9.16. The second kappa shape index (κ2) is 9.15. The van der Waals surface area contributed by atoms with Crippen LogP contribution in [0.25, 0.3) is 10.9 Å². The average molecular weight is 402 g/mol. The van der Waals surface area contributed by atoms with Crippen LogP contribution < -0.4 is 9.64 Å². The van der Waals surface area contributed by atoms with Crippen LogP contribution in [-0.2, 0) is 6.42 Å². The maximum Gasteiger partial charge on any atom is 0.207 e. The summed E-state index contributed by atoms with van der Waals surface area (Å²) >= 11 is 0. The van der Waals surface area contributed by atoms with Gasteiger partial charge in [-0.1, -0.05) is 24.3 Å². The molecule has 4 rings (SSSR count). The van der Waals surface area contributed by atoms with Crippen molar-refractivity contribution in [3.63, 3.8) is 0 Å². The molecule has 3 aromatic rings. The number of hydrogen-bond donors (Lipinski definition) is 1. The van der Waals surface area contributed by atoms with Gasteiger partial charge < -0.3 is 14.7 Å². The predicted molar refractivity (Wildman–Crippen MR) is 120 cm³/mol. The molecule has 0 aliphatic carbocycles. The summed E-state index contributed by atoms with van der Waals surface area (Å²) in [5, 5.41) is 10.2. The van der Waals surface area contributed by atoms with Crippen molar-refractivity contribution in [2.75, 3.05) is 31.7 Å². The normalized spacial score (nSPS) is 14.6. The lowest BCUT2D eigenvalue weighted by Gasteiger charge is -2.34. The van der Waals surface area contributed by atoms with Crippen LogP contribution >= 0.6 is 0 Å². The monoisotopic (exact) mass is 401 g/mol. The number of ether oxygens (including phenoxy) is 1. The van der Waals surface area contributed by atoms with E-state index in [0.717, 1.165) is 61.2 Å². The van der Waals surface area contributed by atoms with Crippen LogP contribution in [0.1, 0.15) is 42.1 Å². The van der Waals surface area contributed by atoms with Crippen molar-refractivity contribution < 1.29 is 9.84 Å². The standard InChI is InChI=1S/C25H27N3O2/c1-3-24-26-22-11-10-18(7-6-16-29)17-21(22)25(27-24)28-14-12-19(13-15-28)20-8-4-5-9-23(20)30-2/h1,4-5,8-11,17,19,29H,6-7,12-16H2,2H3. The Morgan fingerprint density at radius 2 is 1.97 bits per heavy atom. The van der Waals surface area contributed by atoms with Crippen LogP contribution in [0.5, 0.6) is 5.75 Å². The molecular weight excluding hydrogens is 374 g/mol. The first kappa shape index (κ1) is 20.2. The molecule has 0 bridgehead atoms. The number of methoxy groups -OCH3 is 1. The number of hydrogen-bond acceptors (Lipinski definition) is 5. The summed E-state index contributed by atoms with van der Waals surface area (Å²) < 4.78 is 5.57. The van der Waals surface area contributed by atoms with E-state index in [-0.39, 0.29) is 6.61 Å². The number of piperidine rings is 1. The molecule has 0 saturated carbocycles. The van der Waals surface area contributed by atoms with Gasteiger partial charge in [-0.25, -0.2) is 9.97 Å². The summed E-state index contributed by atoms with van der Waals surface area (Å²) in [5.74, 6) is 5.37. The molecule has 2 aromatic carbocycles. The molecule has 1 N–H and O–H groups in total. The first-order chi connectivity index (χ1) is 14.7. The van der Waals surface area contributed by atoms with Gasteiger partial charge in [0, 0.05) is 25.1 Å². The Kier molecular flexibility index (Phi) is 6.15. The van der Waals surface area contributed by atoms with E-state index in [9.17, 15) is 0 Å². The molecule has 154 valence electrons. The van der Waals surface area contributed by atoms with E-state index in [1.807, 2.05) is 18.2 Å². The molecule has 0 atom stereocenters. The Bertz CT molecular complexity index is 1070. The van der Waals surface area contributed by atoms with Crippen LogP contribution in [-0.4, -0.2) is 41.9 Å². The van der Waals surface area contributed by atoms with Gasteiger partial charge in [-0.3, -0.25) is 0 Å². The van der Waals surface area contributed by atoms with Crippen LogP contribution in [0.4, 0.5) is 5.82 Å². The van der Waals surface area contributed by atoms with E-state index >= 15 is 0 Å². The van der Waals surface area contributed by atoms with Crippen LogP contribution in [0.2, 0.25) is 0 Å². The van der Waals surface area contributed by atoms with Crippen molar-refractivity contribution in [2.24, 2.45) is 0 Å². The molecule has 0 spiro atoms. The summed E-state index contributed by atoms with van der Waals surface area (Å²) in [6.45, 7) is 1.99. The lowest BCUT2D eigenvalue weighted by molar-refractivity contribution is 0.288. The van der Waals surface area contributed by atoms with E-state index in [1.165, 1.54) is 11.1 Å². The molecular formula is C25H27N3O2. The topological polar surface area (TPSA) is 58.5 Å². The zero-order valence-electron chi connectivity index (χ0n) is 17.3. The highest BCUT2D eigenvalue weighted by molar-refractivity contribution is 5.90.